The topological polar surface area (TPSA) is 131 Å². The molecular weight excluding hydrogens is 492 g/mol. The van der Waals surface area contributed by atoms with Crippen molar-refractivity contribution in [3.05, 3.63) is 71.3 Å². The molecule has 1 fully saturated rings. The molecule has 4 aromatic rings. The lowest BCUT2D eigenvalue weighted by Crippen LogP contribution is -2.33. The lowest BCUT2D eigenvalue weighted by atomic mass is 9.92. The predicted molar refractivity (Wildman–Crippen MR) is 144 cm³/mol. The Kier molecular flexibility index (Phi) is 7.38. The van der Waals surface area contributed by atoms with Gasteiger partial charge in [0.2, 0.25) is 0 Å². The van der Waals surface area contributed by atoms with Crippen LogP contribution in [0.2, 0.25) is 5.15 Å². The summed E-state index contributed by atoms with van der Waals surface area (Å²) in [5.41, 5.74) is 9.29. The van der Waals surface area contributed by atoms with E-state index in [4.69, 9.17) is 27.2 Å². The summed E-state index contributed by atoms with van der Waals surface area (Å²) < 4.78 is 6.81. The zero-order chi connectivity index (χ0) is 25.8. The Morgan fingerprint density at radius 2 is 1.92 bits per heavy atom. The molecule has 3 heterocycles. The summed E-state index contributed by atoms with van der Waals surface area (Å²) in [5.74, 6) is 1.10. The van der Waals surface area contributed by atoms with Crippen LogP contribution >= 0.6 is 11.6 Å². The number of amides is 1. The number of rotatable bonds is 8. The van der Waals surface area contributed by atoms with E-state index in [2.05, 4.69) is 25.9 Å². The maximum atomic E-state index is 13.1. The maximum Gasteiger partial charge on any atom is 0.276 e. The summed E-state index contributed by atoms with van der Waals surface area (Å²) in [5, 5.41) is 14.8. The van der Waals surface area contributed by atoms with E-state index in [1.165, 1.54) is 12.4 Å². The first kappa shape index (κ1) is 24.8. The summed E-state index contributed by atoms with van der Waals surface area (Å²) in [6, 6.07) is 13.5. The summed E-state index contributed by atoms with van der Waals surface area (Å²) in [6.45, 7) is 0.561. The third-order valence-corrected chi connectivity index (χ3v) is 6.66. The maximum absolute atomic E-state index is 13.1. The standard InChI is InChI=1S/C26H29ClN8O2/c1-37-20-8-2-16(3-9-20)14-30-21-13-24(32-18-6-4-17(28)5-7-18)34-35-22(15-31-25(21)35)26(36)33-19-10-11-29-23(27)12-19/h2-3,8-13,15,17-18,30H,4-7,14,28H2,1H3,(H,32,34)(H,29,33,36). The zero-order valence-electron chi connectivity index (χ0n) is 20.4. The van der Waals surface area contributed by atoms with Crippen molar-refractivity contribution >= 4 is 40.3 Å². The molecule has 0 atom stereocenters. The van der Waals surface area contributed by atoms with Crippen molar-refractivity contribution in [3.63, 3.8) is 0 Å². The second kappa shape index (κ2) is 11.0. The Balaban J connectivity index is 1.44. The van der Waals surface area contributed by atoms with Crippen LogP contribution < -0.4 is 26.4 Å². The fourth-order valence-electron chi connectivity index (χ4n) is 4.41. The van der Waals surface area contributed by atoms with E-state index in [9.17, 15) is 4.79 Å². The largest absolute Gasteiger partial charge is 0.497 e. The van der Waals surface area contributed by atoms with Gasteiger partial charge in [-0.25, -0.2) is 14.5 Å². The second-order valence-electron chi connectivity index (χ2n) is 9.10. The van der Waals surface area contributed by atoms with Gasteiger partial charge in [-0.3, -0.25) is 4.79 Å². The van der Waals surface area contributed by atoms with Gasteiger partial charge >= 0.3 is 0 Å². The first-order valence-electron chi connectivity index (χ1n) is 12.2. The van der Waals surface area contributed by atoms with Gasteiger partial charge in [0.15, 0.2) is 11.3 Å². The van der Waals surface area contributed by atoms with Crippen LogP contribution in [-0.2, 0) is 6.54 Å². The van der Waals surface area contributed by atoms with Crippen LogP contribution in [0.15, 0.2) is 54.9 Å². The number of hydrogen-bond acceptors (Lipinski definition) is 8. The number of benzene rings is 1. The van der Waals surface area contributed by atoms with E-state index in [0.717, 1.165) is 42.7 Å². The number of aromatic nitrogens is 4. The van der Waals surface area contributed by atoms with E-state index in [-0.39, 0.29) is 23.1 Å². The average Bonchev–Trinajstić information content (AvgIpc) is 3.33. The molecule has 37 heavy (non-hydrogen) atoms. The number of pyridine rings is 1. The van der Waals surface area contributed by atoms with Crippen molar-refractivity contribution in [1.82, 2.24) is 19.6 Å². The van der Waals surface area contributed by atoms with Crippen LogP contribution in [-0.4, -0.2) is 44.7 Å². The van der Waals surface area contributed by atoms with Crippen LogP contribution in [0, 0.1) is 0 Å². The van der Waals surface area contributed by atoms with Crippen molar-refractivity contribution in [2.45, 2.75) is 44.3 Å². The number of anilines is 3. The number of carbonyl (C=O) groups excluding carboxylic acids is 1. The highest BCUT2D eigenvalue weighted by molar-refractivity contribution is 6.29. The van der Waals surface area contributed by atoms with Gasteiger partial charge < -0.3 is 26.4 Å². The van der Waals surface area contributed by atoms with Gasteiger partial charge in [0, 0.05) is 36.6 Å². The number of nitrogens with zero attached hydrogens (tertiary/aromatic N) is 4. The fourth-order valence-corrected chi connectivity index (χ4v) is 4.59. The highest BCUT2D eigenvalue weighted by atomic mass is 35.5. The molecule has 0 spiro atoms. The minimum atomic E-state index is -0.357. The Labute approximate surface area is 219 Å². The number of fused-ring (bicyclic) bond motifs is 1. The van der Waals surface area contributed by atoms with Gasteiger partial charge in [0.05, 0.1) is 19.0 Å². The van der Waals surface area contributed by atoms with Crippen LogP contribution in [0.4, 0.5) is 17.2 Å². The molecule has 0 aliphatic heterocycles. The Bertz CT molecular complexity index is 1380. The molecule has 1 aliphatic carbocycles. The second-order valence-corrected chi connectivity index (χ2v) is 9.49. The van der Waals surface area contributed by atoms with Crippen LogP contribution in [0.5, 0.6) is 5.75 Å². The molecule has 3 aromatic heterocycles. The minimum absolute atomic E-state index is 0.251. The highest BCUT2D eigenvalue weighted by Gasteiger charge is 2.21. The van der Waals surface area contributed by atoms with Crippen LogP contribution in [0.25, 0.3) is 5.65 Å². The smallest absolute Gasteiger partial charge is 0.276 e. The molecule has 5 rings (SSSR count). The molecule has 1 saturated carbocycles. The van der Waals surface area contributed by atoms with Crippen molar-refractivity contribution in [3.8, 4) is 5.75 Å². The van der Waals surface area contributed by atoms with Crippen LogP contribution in [0.3, 0.4) is 0 Å². The van der Waals surface area contributed by atoms with E-state index in [1.54, 1.807) is 23.8 Å². The number of halogens is 1. The fraction of sp³-hybridized carbons (Fsp3) is 0.308. The number of ether oxygens (including phenoxy) is 1. The number of methoxy groups -OCH3 is 1. The lowest BCUT2D eigenvalue weighted by molar-refractivity contribution is 0.102. The molecule has 5 N–H and O–H groups in total. The summed E-state index contributed by atoms with van der Waals surface area (Å²) in [6.07, 6.45) is 6.92. The highest BCUT2D eigenvalue weighted by Crippen LogP contribution is 2.26. The Hall–Kier alpha value is -3.89. The van der Waals surface area contributed by atoms with Gasteiger partial charge in [0.25, 0.3) is 5.91 Å². The molecule has 192 valence electrons. The normalized spacial score (nSPS) is 17.4. The average molecular weight is 521 g/mol. The van der Waals surface area contributed by atoms with E-state index >= 15 is 0 Å². The van der Waals surface area contributed by atoms with E-state index in [1.807, 2.05) is 30.3 Å². The third-order valence-electron chi connectivity index (χ3n) is 6.45. The zero-order valence-corrected chi connectivity index (χ0v) is 21.2. The minimum Gasteiger partial charge on any atom is -0.497 e. The van der Waals surface area contributed by atoms with Crippen molar-refractivity contribution in [2.75, 3.05) is 23.1 Å². The predicted octanol–water partition coefficient (Wildman–Crippen LogP) is 4.33. The molecule has 1 amide bonds. The molecule has 0 bridgehead atoms. The molecule has 1 aliphatic rings. The lowest BCUT2D eigenvalue weighted by Gasteiger charge is -2.27. The SMILES string of the molecule is COc1ccc(CNc2cc(NC3CCC(N)CC3)nn3c(C(=O)Nc4ccnc(Cl)c4)cnc23)cc1. The molecule has 1 aromatic carbocycles. The molecule has 11 heteroatoms. The van der Waals surface area contributed by atoms with Gasteiger partial charge in [-0.15, -0.1) is 5.10 Å². The van der Waals surface area contributed by atoms with Gasteiger partial charge in [-0.2, -0.15) is 0 Å². The molecule has 0 radical (unpaired) electrons. The number of imidazole rings is 1. The van der Waals surface area contributed by atoms with Gasteiger partial charge in [-0.05, 0) is 55.5 Å². The monoisotopic (exact) mass is 520 g/mol. The van der Waals surface area contributed by atoms with E-state index < -0.39 is 0 Å². The summed E-state index contributed by atoms with van der Waals surface area (Å²) in [4.78, 5) is 21.6. The van der Waals surface area contributed by atoms with Gasteiger partial charge in [0.1, 0.15) is 16.7 Å². The number of nitrogens with two attached hydrogens (primary N) is 1. The van der Waals surface area contributed by atoms with E-state index in [0.29, 0.717) is 29.4 Å². The Morgan fingerprint density at radius 3 is 2.65 bits per heavy atom. The first-order valence-corrected chi connectivity index (χ1v) is 12.6. The van der Waals surface area contributed by atoms with Crippen molar-refractivity contribution in [2.24, 2.45) is 5.73 Å². The molecular formula is C26H29ClN8O2. The third kappa shape index (κ3) is 5.92. The quantitative estimate of drug-likeness (QED) is 0.252. The Morgan fingerprint density at radius 1 is 1.14 bits per heavy atom. The first-order chi connectivity index (χ1) is 18.0. The number of carbonyl (C=O) groups is 1. The van der Waals surface area contributed by atoms with Crippen LogP contribution in [0.1, 0.15) is 41.7 Å². The number of hydrogen-bond donors (Lipinski definition) is 4. The molecule has 0 saturated heterocycles. The molecule has 0 unspecified atom stereocenters. The van der Waals surface area contributed by atoms with Crippen molar-refractivity contribution < 1.29 is 9.53 Å². The summed E-state index contributed by atoms with van der Waals surface area (Å²) in [7, 11) is 1.64. The summed E-state index contributed by atoms with van der Waals surface area (Å²) >= 11 is 5.97. The number of nitrogens with one attached hydrogen (secondary N) is 3. The van der Waals surface area contributed by atoms with Gasteiger partial charge in [-0.1, -0.05) is 23.7 Å². The van der Waals surface area contributed by atoms with Crippen molar-refractivity contribution in [1.29, 1.82) is 0 Å². The molecule has 10 nitrogen and oxygen atoms in total.